The van der Waals surface area contributed by atoms with E-state index in [0.717, 1.165) is 50.0 Å². The highest BCUT2D eigenvalue weighted by atomic mass is 16.5. The van der Waals surface area contributed by atoms with Gasteiger partial charge in [-0.3, -0.25) is 4.79 Å². The van der Waals surface area contributed by atoms with Crippen molar-refractivity contribution in [3.63, 3.8) is 0 Å². The van der Waals surface area contributed by atoms with Crippen LogP contribution in [-0.4, -0.2) is 75.7 Å². The number of hydrogen-bond acceptors (Lipinski definition) is 6. The van der Waals surface area contributed by atoms with E-state index < -0.39 is 5.97 Å². The summed E-state index contributed by atoms with van der Waals surface area (Å²) in [5.41, 5.74) is 7.31. The summed E-state index contributed by atoms with van der Waals surface area (Å²) in [6.45, 7) is 6.52. The zero-order chi connectivity index (χ0) is 25.0. The average Bonchev–Trinajstić information content (AvgIpc) is 3.37. The molecule has 2 aliphatic rings. The Hall–Kier alpha value is -2.82. The van der Waals surface area contributed by atoms with Gasteiger partial charge in [-0.2, -0.15) is 0 Å². The van der Waals surface area contributed by atoms with E-state index in [1.54, 1.807) is 19.4 Å². The Balaban J connectivity index is 1.60. The zero-order valence-electron chi connectivity index (χ0n) is 21.2. The Labute approximate surface area is 207 Å². The second-order valence-electron chi connectivity index (χ2n) is 9.68. The molecule has 2 aromatic rings. The van der Waals surface area contributed by atoms with Gasteiger partial charge in [0.15, 0.2) is 6.04 Å². The molecule has 3 atom stereocenters. The molecule has 10 heteroatoms. The Bertz CT molecular complexity index is 1040. The van der Waals surface area contributed by atoms with Crippen LogP contribution in [0.1, 0.15) is 67.3 Å². The van der Waals surface area contributed by atoms with Crippen molar-refractivity contribution < 1.29 is 18.9 Å². The van der Waals surface area contributed by atoms with Gasteiger partial charge in [0.25, 0.3) is 5.91 Å². The number of ether oxygens (including phenoxy) is 1. The number of carbonyl (C=O) groups is 2. The van der Waals surface area contributed by atoms with Crippen molar-refractivity contribution in [1.82, 2.24) is 19.4 Å². The molecule has 1 fully saturated rings. The molecule has 0 saturated carbocycles. The van der Waals surface area contributed by atoms with Gasteiger partial charge >= 0.3 is 5.97 Å². The maximum absolute atomic E-state index is 13.7. The van der Waals surface area contributed by atoms with Gasteiger partial charge in [-0.25, -0.2) is 14.8 Å². The number of likely N-dealkylation sites (N-methyl/N-ethyl adjacent to an activating group) is 2. The molecule has 4 rings (SSSR count). The van der Waals surface area contributed by atoms with E-state index >= 15 is 0 Å². The molecule has 2 aliphatic heterocycles. The molecule has 1 saturated heterocycles. The normalized spacial score (nSPS) is 24.6. The summed E-state index contributed by atoms with van der Waals surface area (Å²) in [5.74, 6) is -0.346. The van der Waals surface area contributed by atoms with Crippen molar-refractivity contribution in [2.75, 3.05) is 39.1 Å². The fraction of sp³-hybridized carbons (Fsp3) is 0.600. The minimum atomic E-state index is -0.469. The van der Waals surface area contributed by atoms with Crippen LogP contribution in [0.15, 0.2) is 24.8 Å². The number of rotatable bonds is 8. The van der Waals surface area contributed by atoms with Crippen molar-refractivity contribution in [3.05, 3.63) is 47.0 Å². The van der Waals surface area contributed by atoms with Gasteiger partial charge in [0.1, 0.15) is 11.4 Å². The molecule has 35 heavy (non-hydrogen) atoms. The van der Waals surface area contributed by atoms with E-state index in [2.05, 4.69) is 22.1 Å². The van der Waals surface area contributed by atoms with Crippen LogP contribution in [0.4, 0.5) is 5.82 Å². The molecule has 0 bridgehead atoms. The summed E-state index contributed by atoms with van der Waals surface area (Å²) >= 11 is 0. The molecule has 4 heterocycles. The molecule has 10 nitrogen and oxygen atoms in total. The fourth-order valence-electron chi connectivity index (χ4n) is 5.03. The second kappa shape index (κ2) is 10.8. The Morgan fingerprint density at radius 1 is 1.31 bits per heavy atom. The number of anilines is 1. The highest BCUT2D eigenvalue weighted by Crippen LogP contribution is 2.38. The maximum Gasteiger partial charge on any atom is 0.341 e. The standard InChI is InChI=1S/C25H37N7O3/c1-5-7-14-32(4)21(8-9-22(29-32)31-13-11-26-17-31)24(33)28-23-19(25(34)35-6-2)15-18-16-30(3)12-10-20(18)27-23/h11,13,15,17,21-22H,5-10,12,14,16H2,1-4H3,(H,27,28,33). The number of fused-ring (bicyclic) bond motifs is 1. The molecule has 0 radical (unpaired) electrons. The van der Waals surface area contributed by atoms with Crippen LogP contribution in [0.3, 0.4) is 0 Å². The molecule has 190 valence electrons. The quantitative estimate of drug-likeness (QED) is 0.457. The smallest absolute Gasteiger partial charge is 0.341 e. The largest absolute Gasteiger partial charge is 0.462 e. The van der Waals surface area contributed by atoms with Crippen molar-refractivity contribution in [1.29, 1.82) is 0 Å². The third kappa shape index (κ3) is 5.55. The first-order valence-corrected chi connectivity index (χ1v) is 12.6. The van der Waals surface area contributed by atoms with Gasteiger partial charge in [-0.1, -0.05) is 13.3 Å². The molecule has 3 unspecified atom stereocenters. The number of quaternary nitrogens is 1. The first-order chi connectivity index (χ1) is 16.8. The van der Waals surface area contributed by atoms with Crippen LogP contribution in [0.25, 0.3) is 5.43 Å². The lowest BCUT2D eigenvalue weighted by atomic mass is 10.0. The number of pyridine rings is 1. The van der Waals surface area contributed by atoms with Crippen molar-refractivity contribution in [2.24, 2.45) is 0 Å². The number of carbonyl (C=O) groups excluding carboxylic acids is 2. The molecule has 0 aromatic carbocycles. The number of aromatic nitrogens is 3. The van der Waals surface area contributed by atoms with Crippen molar-refractivity contribution in [2.45, 2.75) is 64.7 Å². The van der Waals surface area contributed by atoms with E-state index in [1.807, 2.05) is 30.9 Å². The van der Waals surface area contributed by atoms with Crippen LogP contribution < -0.4 is 5.32 Å². The number of amides is 1. The Morgan fingerprint density at radius 2 is 2.14 bits per heavy atom. The molecule has 0 spiro atoms. The number of imidazole rings is 1. The first-order valence-electron chi connectivity index (χ1n) is 12.6. The molecule has 2 aromatic heterocycles. The van der Waals surface area contributed by atoms with Gasteiger partial charge < -0.3 is 29.5 Å². The fourth-order valence-corrected chi connectivity index (χ4v) is 5.03. The van der Waals surface area contributed by atoms with Gasteiger partial charge in [-0.15, -0.1) is 0 Å². The Morgan fingerprint density at radius 3 is 2.86 bits per heavy atom. The summed E-state index contributed by atoms with van der Waals surface area (Å²) in [4.78, 5) is 37.6. The van der Waals surface area contributed by atoms with Gasteiger partial charge in [-0.05, 0) is 44.6 Å². The highest BCUT2D eigenvalue weighted by molar-refractivity contribution is 6.01. The van der Waals surface area contributed by atoms with Crippen LogP contribution in [-0.2, 0) is 22.5 Å². The first kappa shape index (κ1) is 25.3. The number of nitrogens with one attached hydrogen (secondary N) is 1. The third-order valence-corrected chi connectivity index (χ3v) is 7.00. The monoisotopic (exact) mass is 483 g/mol. The lowest BCUT2D eigenvalue weighted by molar-refractivity contribution is -0.897. The van der Waals surface area contributed by atoms with Crippen LogP contribution in [0.5, 0.6) is 0 Å². The number of hydrogen-bond donors (Lipinski definition) is 1. The summed E-state index contributed by atoms with van der Waals surface area (Å²) in [7, 11) is 4.06. The highest BCUT2D eigenvalue weighted by Gasteiger charge is 2.38. The zero-order valence-corrected chi connectivity index (χ0v) is 21.2. The summed E-state index contributed by atoms with van der Waals surface area (Å²) < 4.78 is 7.57. The maximum atomic E-state index is 13.7. The van der Waals surface area contributed by atoms with E-state index in [4.69, 9.17) is 15.1 Å². The van der Waals surface area contributed by atoms with Crippen LogP contribution >= 0.6 is 0 Å². The van der Waals surface area contributed by atoms with Gasteiger partial charge in [0, 0.05) is 44.0 Å². The second-order valence-corrected chi connectivity index (χ2v) is 9.68. The number of nitrogens with zero attached hydrogens (tertiary/aromatic N) is 6. The summed E-state index contributed by atoms with van der Waals surface area (Å²) in [6.07, 6.45) is 9.54. The van der Waals surface area contributed by atoms with Gasteiger partial charge in [0.05, 0.1) is 26.5 Å². The molecular formula is C25H37N7O3. The summed E-state index contributed by atoms with van der Waals surface area (Å²) in [5, 5.41) is 3.00. The van der Waals surface area contributed by atoms with E-state index in [1.165, 1.54) is 0 Å². The topological polar surface area (TPSA) is 103 Å². The van der Waals surface area contributed by atoms with Crippen molar-refractivity contribution >= 4 is 17.7 Å². The molecule has 0 aliphatic carbocycles. The minimum absolute atomic E-state index is 0.0580. The third-order valence-electron chi connectivity index (χ3n) is 7.00. The SMILES string of the molecule is CCCC[N+]1(C)[N-]C(n2ccnc2)CCC1C(=O)Nc1nc2c(cc1C(=O)OCC)CN(C)CC2. The lowest BCUT2D eigenvalue weighted by Crippen LogP contribution is -2.58. The van der Waals surface area contributed by atoms with E-state index in [9.17, 15) is 9.59 Å². The Kier molecular flexibility index (Phi) is 7.83. The van der Waals surface area contributed by atoms with Crippen LogP contribution in [0.2, 0.25) is 0 Å². The van der Waals surface area contributed by atoms with E-state index in [-0.39, 0.29) is 35.1 Å². The number of unbranched alkanes of at least 4 members (excludes halogenated alkanes) is 1. The van der Waals surface area contributed by atoms with Crippen LogP contribution in [0, 0.1) is 0 Å². The van der Waals surface area contributed by atoms with E-state index in [0.29, 0.717) is 18.5 Å². The van der Waals surface area contributed by atoms with Gasteiger partial charge in [0.2, 0.25) is 0 Å². The molecule has 1 amide bonds. The minimum Gasteiger partial charge on any atom is -0.462 e. The summed E-state index contributed by atoms with van der Waals surface area (Å²) in [6, 6.07) is 1.46. The molecule has 1 N–H and O–H groups in total. The predicted octanol–water partition coefficient (Wildman–Crippen LogP) is 3.28. The lowest BCUT2D eigenvalue weighted by Gasteiger charge is -2.57. The molecular weight excluding hydrogens is 446 g/mol. The number of esters is 1. The van der Waals surface area contributed by atoms with Crippen molar-refractivity contribution in [3.8, 4) is 0 Å². The average molecular weight is 484 g/mol. The predicted molar refractivity (Wildman–Crippen MR) is 132 cm³/mol.